The minimum atomic E-state index is 0.00386. The molecule has 1 aromatic carbocycles. The quantitative estimate of drug-likeness (QED) is 0.804. The third-order valence-corrected chi connectivity index (χ3v) is 3.49. The molecule has 0 spiro atoms. The van der Waals surface area contributed by atoms with Crippen molar-refractivity contribution in [3.63, 3.8) is 0 Å². The molecular weight excluding hydrogens is 260 g/mol. The van der Waals surface area contributed by atoms with Gasteiger partial charge in [-0.25, -0.2) is 0 Å². The molecule has 1 amide bonds. The average Bonchev–Trinajstić information content (AvgIpc) is 2.38. The van der Waals surface area contributed by atoms with Gasteiger partial charge < -0.3 is 10.6 Å². The van der Waals surface area contributed by atoms with Gasteiger partial charge in [-0.2, -0.15) is 0 Å². The van der Waals surface area contributed by atoms with Crippen molar-refractivity contribution in [2.45, 2.75) is 46.6 Å². The topological polar surface area (TPSA) is 41.1 Å². The highest BCUT2D eigenvalue weighted by molar-refractivity contribution is 6.33. The lowest BCUT2D eigenvalue weighted by Gasteiger charge is -2.23. The fourth-order valence-corrected chi connectivity index (χ4v) is 2.07. The smallest absolute Gasteiger partial charge is 0.224 e. The van der Waals surface area contributed by atoms with Crippen molar-refractivity contribution in [1.82, 2.24) is 0 Å². The summed E-state index contributed by atoms with van der Waals surface area (Å²) >= 11 is 6.20. The van der Waals surface area contributed by atoms with E-state index in [0.29, 0.717) is 23.4 Å². The highest BCUT2D eigenvalue weighted by Gasteiger charge is 2.13. The summed E-state index contributed by atoms with van der Waals surface area (Å²) in [6, 6.07) is 5.88. The van der Waals surface area contributed by atoms with Crippen molar-refractivity contribution >= 4 is 28.9 Å². The number of hydrogen-bond acceptors (Lipinski definition) is 2. The van der Waals surface area contributed by atoms with Crippen LogP contribution < -0.4 is 10.6 Å². The molecule has 1 rings (SSSR count). The molecule has 0 aliphatic carbocycles. The summed E-state index contributed by atoms with van der Waals surface area (Å²) in [6.45, 7) is 8.33. The van der Waals surface area contributed by atoms with Gasteiger partial charge in [0, 0.05) is 18.2 Å². The molecule has 0 saturated heterocycles. The Hall–Kier alpha value is -1.22. The number of hydrogen-bond donors (Lipinski definition) is 2. The molecule has 2 N–H and O–H groups in total. The van der Waals surface area contributed by atoms with E-state index in [1.165, 1.54) is 0 Å². The van der Waals surface area contributed by atoms with Crippen molar-refractivity contribution in [1.29, 1.82) is 0 Å². The van der Waals surface area contributed by atoms with E-state index >= 15 is 0 Å². The Morgan fingerprint density at radius 1 is 1.32 bits per heavy atom. The van der Waals surface area contributed by atoms with Crippen LogP contribution in [0.15, 0.2) is 18.2 Å². The second-order valence-electron chi connectivity index (χ2n) is 5.00. The van der Waals surface area contributed by atoms with E-state index < -0.39 is 0 Å². The predicted octanol–water partition coefficient (Wildman–Crippen LogP) is 4.54. The lowest BCUT2D eigenvalue weighted by molar-refractivity contribution is -0.115. The Balaban J connectivity index is 2.87. The summed E-state index contributed by atoms with van der Waals surface area (Å²) in [7, 11) is 0. The predicted molar refractivity (Wildman–Crippen MR) is 82.9 cm³/mol. The van der Waals surface area contributed by atoms with Gasteiger partial charge in [0.2, 0.25) is 5.91 Å². The number of benzene rings is 1. The van der Waals surface area contributed by atoms with Gasteiger partial charge in [0.25, 0.3) is 0 Å². The fraction of sp³-hybridized carbons (Fsp3) is 0.533. The molecule has 19 heavy (non-hydrogen) atoms. The van der Waals surface area contributed by atoms with Crippen molar-refractivity contribution < 1.29 is 4.79 Å². The molecule has 0 radical (unpaired) electrons. The average molecular weight is 283 g/mol. The van der Waals surface area contributed by atoms with Crippen LogP contribution in [0, 0.1) is 5.92 Å². The first-order chi connectivity index (χ1) is 8.97. The number of nitrogens with one attached hydrogen (secondary N) is 2. The van der Waals surface area contributed by atoms with E-state index in [0.717, 1.165) is 17.8 Å². The summed E-state index contributed by atoms with van der Waals surface area (Å²) in [4.78, 5) is 11.4. The van der Waals surface area contributed by atoms with Crippen LogP contribution in [0.2, 0.25) is 5.02 Å². The standard InChI is InChI=1S/C15H23ClN2O/c1-5-13(10(3)4)18-14-9-11(7-8-12(14)16)17-15(19)6-2/h7-10,13,18H,5-6H2,1-4H3,(H,17,19). The van der Waals surface area contributed by atoms with E-state index in [2.05, 4.69) is 31.4 Å². The van der Waals surface area contributed by atoms with E-state index in [4.69, 9.17) is 11.6 Å². The number of carbonyl (C=O) groups is 1. The van der Waals surface area contributed by atoms with Crippen LogP contribution >= 0.6 is 11.6 Å². The van der Waals surface area contributed by atoms with Crippen LogP contribution in [0.25, 0.3) is 0 Å². The van der Waals surface area contributed by atoms with E-state index in [1.807, 2.05) is 25.1 Å². The summed E-state index contributed by atoms with van der Waals surface area (Å²) in [5, 5.41) is 6.96. The lowest BCUT2D eigenvalue weighted by atomic mass is 10.0. The summed E-state index contributed by atoms with van der Waals surface area (Å²) in [5.41, 5.74) is 1.65. The van der Waals surface area contributed by atoms with Crippen LogP contribution in [0.4, 0.5) is 11.4 Å². The van der Waals surface area contributed by atoms with E-state index in [-0.39, 0.29) is 5.91 Å². The van der Waals surface area contributed by atoms with Crippen molar-refractivity contribution in [3.8, 4) is 0 Å². The molecule has 106 valence electrons. The SMILES string of the molecule is CCC(=O)Nc1ccc(Cl)c(NC(CC)C(C)C)c1. The van der Waals surface area contributed by atoms with Crippen LogP contribution in [0.1, 0.15) is 40.5 Å². The Morgan fingerprint density at radius 2 is 2.00 bits per heavy atom. The third kappa shape index (κ3) is 4.75. The van der Waals surface area contributed by atoms with Gasteiger partial charge in [0.1, 0.15) is 0 Å². The van der Waals surface area contributed by atoms with Crippen LogP contribution in [-0.4, -0.2) is 11.9 Å². The monoisotopic (exact) mass is 282 g/mol. The number of anilines is 2. The lowest BCUT2D eigenvalue weighted by Crippen LogP contribution is -2.24. The van der Waals surface area contributed by atoms with Crippen molar-refractivity contribution in [3.05, 3.63) is 23.2 Å². The summed E-state index contributed by atoms with van der Waals surface area (Å²) < 4.78 is 0. The maximum atomic E-state index is 11.4. The number of halogens is 1. The molecule has 0 aromatic heterocycles. The molecule has 0 aliphatic heterocycles. The van der Waals surface area contributed by atoms with Crippen molar-refractivity contribution in [2.24, 2.45) is 5.92 Å². The minimum absolute atomic E-state index is 0.00386. The van der Waals surface area contributed by atoms with Crippen LogP contribution in [-0.2, 0) is 4.79 Å². The highest BCUT2D eigenvalue weighted by atomic mass is 35.5. The molecule has 0 fully saturated rings. The zero-order valence-electron chi connectivity index (χ0n) is 12.1. The van der Waals surface area contributed by atoms with Crippen molar-refractivity contribution in [2.75, 3.05) is 10.6 Å². The molecule has 1 aromatic rings. The minimum Gasteiger partial charge on any atom is -0.381 e. The van der Waals surface area contributed by atoms with Gasteiger partial charge in [-0.05, 0) is 30.5 Å². The van der Waals surface area contributed by atoms with Gasteiger partial charge in [-0.1, -0.05) is 39.3 Å². The van der Waals surface area contributed by atoms with E-state index in [1.54, 1.807) is 0 Å². The molecule has 0 saturated carbocycles. The van der Waals surface area contributed by atoms with Gasteiger partial charge >= 0.3 is 0 Å². The second kappa shape index (κ2) is 7.39. The normalized spacial score (nSPS) is 12.3. The second-order valence-corrected chi connectivity index (χ2v) is 5.41. The molecule has 0 bridgehead atoms. The van der Waals surface area contributed by atoms with Gasteiger partial charge in [-0.15, -0.1) is 0 Å². The number of amides is 1. The molecule has 1 unspecified atom stereocenters. The molecule has 1 atom stereocenters. The zero-order valence-corrected chi connectivity index (χ0v) is 12.8. The largest absolute Gasteiger partial charge is 0.381 e. The summed E-state index contributed by atoms with van der Waals surface area (Å²) in [6.07, 6.45) is 1.49. The number of carbonyl (C=O) groups excluding carboxylic acids is 1. The maximum absolute atomic E-state index is 11.4. The summed E-state index contributed by atoms with van der Waals surface area (Å²) in [5.74, 6) is 0.527. The molecule has 3 nitrogen and oxygen atoms in total. The first kappa shape index (κ1) is 15.8. The molecule has 0 heterocycles. The highest BCUT2D eigenvalue weighted by Crippen LogP contribution is 2.27. The zero-order chi connectivity index (χ0) is 14.4. The Bertz CT molecular complexity index is 432. The van der Waals surface area contributed by atoms with Crippen LogP contribution in [0.5, 0.6) is 0 Å². The number of rotatable bonds is 6. The maximum Gasteiger partial charge on any atom is 0.224 e. The molecule has 4 heteroatoms. The molecule has 0 aliphatic rings. The van der Waals surface area contributed by atoms with Gasteiger partial charge in [0.05, 0.1) is 10.7 Å². The first-order valence-corrected chi connectivity index (χ1v) is 7.21. The van der Waals surface area contributed by atoms with Gasteiger partial charge in [-0.3, -0.25) is 4.79 Å². The Labute approximate surface area is 120 Å². The van der Waals surface area contributed by atoms with E-state index in [9.17, 15) is 4.79 Å². The Morgan fingerprint density at radius 3 is 2.53 bits per heavy atom. The molecular formula is C15H23ClN2O. The first-order valence-electron chi connectivity index (χ1n) is 6.83. The van der Waals surface area contributed by atoms with Gasteiger partial charge in [0.15, 0.2) is 0 Å². The van der Waals surface area contributed by atoms with Crippen LogP contribution in [0.3, 0.4) is 0 Å². The Kier molecular flexibility index (Phi) is 6.16. The third-order valence-electron chi connectivity index (χ3n) is 3.16. The fourth-order valence-electron chi connectivity index (χ4n) is 1.90.